The van der Waals surface area contributed by atoms with Crippen molar-refractivity contribution in [1.82, 2.24) is 0 Å². The van der Waals surface area contributed by atoms with E-state index in [9.17, 15) is 0 Å². The van der Waals surface area contributed by atoms with Gasteiger partial charge in [0.25, 0.3) is 0 Å². The zero-order chi connectivity index (χ0) is 9.10. The van der Waals surface area contributed by atoms with E-state index in [1.54, 1.807) is 0 Å². The highest BCUT2D eigenvalue weighted by Crippen LogP contribution is 2.29. The van der Waals surface area contributed by atoms with Crippen LogP contribution in [-0.4, -0.2) is 0 Å². The lowest BCUT2D eigenvalue weighted by molar-refractivity contribution is 0.695. The molecule has 0 aromatic heterocycles. The van der Waals surface area contributed by atoms with Crippen molar-refractivity contribution in [1.29, 1.82) is 0 Å². The van der Waals surface area contributed by atoms with Crippen LogP contribution in [0.3, 0.4) is 0 Å². The van der Waals surface area contributed by atoms with Gasteiger partial charge >= 0.3 is 0 Å². The molecule has 1 unspecified atom stereocenters. The molecule has 0 aromatic carbocycles. The molecule has 0 spiro atoms. The highest BCUT2D eigenvalue weighted by Gasteiger charge is 2.12. The van der Waals surface area contributed by atoms with Gasteiger partial charge in [-0.1, -0.05) is 43.4 Å². The van der Waals surface area contributed by atoms with Crippen LogP contribution in [0.4, 0.5) is 0 Å². The highest BCUT2D eigenvalue weighted by molar-refractivity contribution is 5.45. The summed E-state index contributed by atoms with van der Waals surface area (Å²) >= 11 is 0. The molecular weight excluding hydrogens is 156 g/mol. The van der Waals surface area contributed by atoms with Gasteiger partial charge in [-0.3, -0.25) is 0 Å². The van der Waals surface area contributed by atoms with Crippen LogP contribution in [0, 0.1) is 5.92 Å². The first kappa shape index (κ1) is 8.55. The van der Waals surface area contributed by atoms with Crippen LogP contribution >= 0.6 is 0 Å². The summed E-state index contributed by atoms with van der Waals surface area (Å²) in [5, 5.41) is 0. The van der Waals surface area contributed by atoms with Crippen molar-refractivity contribution >= 4 is 0 Å². The summed E-state index contributed by atoms with van der Waals surface area (Å²) in [6.07, 6.45) is 17.2. The lowest BCUT2D eigenvalue weighted by Crippen LogP contribution is -2.04. The van der Waals surface area contributed by atoms with Crippen LogP contribution in [0.15, 0.2) is 47.6 Å². The van der Waals surface area contributed by atoms with Crippen molar-refractivity contribution in [2.24, 2.45) is 5.92 Å². The maximum absolute atomic E-state index is 2.36. The monoisotopic (exact) mass is 172 g/mol. The molecule has 0 aromatic rings. The number of hydrogen-bond acceptors (Lipinski definition) is 0. The third kappa shape index (κ3) is 1.82. The summed E-state index contributed by atoms with van der Waals surface area (Å²) in [6.45, 7) is 2.30. The number of allylic oxidation sites excluding steroid dienone is 8. The second-order valence-electron chi connectivity index (χ2n) is 3.83. The van der Waals surface area contributed by atoms with Crippen molar-refractivity contribution in [2.45, 2.75) is 26.2 Å². The number of rotatable bonds is 1. The molecule has 0 saturated carbocycles. The molecule has 0 aliphatic heterocycles. The summed E-state index contributed by atoms with van der Waals surface area (Å²) in [4.78, 5) is 0. The molecule has 0 N–H and O–H groups in total. The topological polar surface area (TPSA) is 0 Å². The van der Waals surface area contributed by atoms with E-state index in [0.29, 0.717) is 5.92 Å². The summed E-state index contributed by atoms with van der Waals surface area (Å²) < 4.78 is 0. The summed E-state index contributed by atoms with van der Waals surface area (Å²) in [6, 6.07) is 0. The standard InChI is InChI=1S/C13H16/c1-11-7-5-6-10-13(11)12-8-3-2-4-9-12/h3,5-6,8-11H,2,4,7H2,1H3. The van der Waals surface area contributed by atoms with E-state index in [0.717, 1.165) is 0 Å². The average Bonchev–Trinajstić information content (AvgIpc) is 2.20. The fraction of sp³-hybridized carbons (Fsp3) is 0.385. The Morgan fingerprint density at radius 2 is 2.15 bits per heavy atom. The van der Waals surface area contributed by atoms with E-state index >= 15 is 0 Å². The minimum atomic E-state index is 0.694. The van der Waals surface area contributed by atoms with Gasteiger partial charge in [-0.2, -0.15) is 0 Å². The van der Waals surface area contributed by atoms with Crippen LogP contribution in [0.5, 0.6) is 0 Å². The van der Waals surface area contributed by atoms with E-state index < -0.39 is 0 Å². The fourth-order valence-electron chi connectivity index (χ4n) is 1.95. The molecule has 0 heterocycles. The first-order chi connectivity index (χ1) is 6.38. The van der Waals surface area contributed by atoms with E-state index in [-0.39, 0.29) is 0 Å². The maximum atomic E-state index is 2.36. The smallest absolute Gasteiger partial charge is 0.0150 e. The Labute approximate surface area is 80.3 Å². The van der Waals surface area contributed by atoms with Gasteiger partial charge in [0.2, 0.25) is 0 Å². The summed E-state index contributed by atoms with van der Waals surface area (Å²) in [5.74, 6) is 0.694. The maximum Gasteiger partial charge on any atom is -0.0150 e. The van der Waals surface area contributed by atoms with Gasteiger partial charge in [0.1, 0.15) is 0 Å². The zero-order valence-electron chi connectivity index (χ0n) is 8.16. The van der Waals surface area contributed by atoms with Gasteiger partial charge < -0.3 is 0 Å². The molecule has 0 amide bonds. The molecule has 0 radical (unpaired) electrons. The van der Waals surface area contributed by atoms with Gasteiger partial charge in [-0.15, -0.1) is 0 Å². The highest BCUT2D eigenvalue weighted by atomic mass is 14.2. The van der Waals surface area contributed by atoms with Crippen LogP contribution < -0.4 is 0 Å². The Kier molecular flexibility index (Phi) is 2.49. The van der Waals surface area contributed by atoms with E-state index in [1.807, 2.05) is 0 Å². The lowest BCUT2D eigenvalue weighted by Gasteiger charge is -2.19. The molecule has 0 heteroatoms. The van der Waals surface area contributed by atoms with Gasteiger partial charge in [0, 0.05) is 0 Å². The van der Waals surface area contributed by atoms with Gasteiger partial charge in [0.15, 0.2) is 0 Å². The van der Waals surface area contributed by atoms with Crippen LogP contribution in [0.1, 0.15) is 26.2 Å². The summed E-state index contributed by atoms with van der Waals surface area (Å²) in [7, 11) is 0. The molecule has 0 bridgehead atoms. The van der Waals surface area contributed by atoms with Gasteiger partial charge in [-0.25, -0.2) is 0 Å². The van der Waals surface area contributed by atoms with Crippen molar-refractivity contribution in [2.75, 3.05) is 0 Å². The number of hydrogen-bond donors (Lipinski definition) is 0. The minimum absolute atomic E-state index is 0.694. The molecule has 0 saturated heterocycles. The Morgan fingerprint density at radius 3 is 2.85 bits per heavy atom. The van der Waals surface area contributed by atoms with Crippen molar-refractivity contribution < 1.29 is 0 Å². The molecule has 2 aliphatic carbocycles. The van der Waals surface area contributed by atoms with E-state index in [1.165, 1.54) is 30.4 Å². The molecule has 68 valence electrons. The molecule has 2 rings (SSSR count). The first-order valence-electron chi connectivity index (χ1n) is 5.12. The van der Waals surface area contributed by atoms with Gasteiger partial charge in [-0.05, 0) is 36.3 Å². The van der Waals surface area contributed by atoms with Crippen molar-refractivity contribution in [3.63, 3.8) is 0 Å². The zero-order valence-corrected chi connectivity index (χ0v) is 8.16. The van der Waals surface area contributed by atoms with E-state index in [4.69, 9.17) is 0 Å². The lowest BCUT2D eigenvalue weighted by atomic mass is 9.86. The molecular formula is C13H16. The fourth-order valence-corrected chi connectivity index (χ4v) is 1.95. The third-order valence-electron chi connectivity index (χ3n) is 2.76. The molecule has 0 fully saturated rings. The summed E-state index contributed by atoms with van der Waals surface area (Å²) in [5.41, 5.74) is 2.96. The van der Waals surface area contributed by atoms with Crippen LogP contribution in [-0.2, 0) is 0 Å². The predicted molar refractivity (Wildman–Crippen MR) is 57.5 cm³/mol. The Balaban J connectivity index is 2.23. The molecule has 1 atom stereocenters. The van der Waals surface area contributed by atoms with Crippen molar-refractivity contribution in [3.05, 3.63) is 47.6 Å². The quantitative estimate of drug-likeness (QED) is 0.564. The Morgan fingerprint density at radius 1 is 1.23 bits per heavy atom. The third-order valence-corrected chi connectivity index (χ3v) is 2.76. The molecule has 0 nitrogen and oxygen atoms in total. The second-order valence-corrected chi connectivity index (χ2v) is 3.83. The molecule has 2 aliphatic rings. The average molecular weight is 172 g/mol. The first-order valence-corrected chi connectivity index (χ1v) is 5.12. The Bertz CT molecular complexity index is 300. The van der Waals surface area contributed by atoms with E-state index in [2.05, 4.69) is 43.4 Å². The molecule has 13 heavy (non-hydrogen) atoms. The van der Waals surface area contributed by atoms with Crippen LogP contribution in [0.25, 0.3) is 0 Å². The van der Waals surface area contributed by atoms with Crippen molar-refractivity contribution in [3.8, 4) is 0 Å². The minimum Gasteiger partial charge on any atom is -0.0839 e. The normalized spacial score (nSPS) is 27.0. The largest absolute Gasteiger partial charge is 0.0839 e. The SMILES string of the molecule is CC1CC=CC=C1C1=CCCC=C1. The van der Waals surface area contributed by atoms with Gasteiger partial charge in [0.05, 0.1) is 0 Å². The van der Waals surface area contributed by atoms with Crippen LogP contribution in [0.2, 0.25) is 0 Å². The Hall–Kier alpha value is -1.04. The second kappa shape index (κ2) is 3.78. The predicted octanol–water partition coefficient (Wildman–Crippen LogP) is 3.79.